The Morgan fingerprint density at radius 1 is 1.44 bits per heavy atom. The molecule has 5 heteroatoms. The molecule has 0 unspecified atom stereocenters. The maximum Gasteiger partial charge on any atom is 0.427 e. The monoisotopic (exact) mass is 245 g/mol. The van der Waals surface area contributed by atoms with Crippen molar-refractivity contribution < 1.29 is 9.90 Å². The summed E-state index contributed by atoms with van der Waals surface area (Å²) in [5.74, 6) is 0. The van der Waals surface area contributed by atoms with E-state index in [9.17, 15) is 4.79 Å². The van der Waals surface area contributed by atoms with Crippen LogP contribution in [0.15, 0.2) is 35.6 Å². The van der Waals surface area contributed by atoms with Gasteiger partial charge in [-0.3, -0.25) is 0 Å². The number of nitrogens with zero attached hydrogens (tertiary/aromatic N) is 2. The minimum Gasteiger partial charge on any atom is -0.464 e. The summed E-state index contributed by atoms with van der Waals surface area (Å²) in [6.45, 7) is 3.89. The van der Waals surface area contributed by atoms with Gasteiger partial charge in [0, 0.05) is 29.2 Å². The predicted octanol–water partition coefficient (Wildman–Crippen LogP) is 2.89. The van der Waals surface area contributed by atoms with Crippen molar-refractivity contribution in [3.63, 3.8) is 0 Å². The van der Waals surface area contributed by atoms with Gasteiger partial charge >= 0.3 is 6.09 Å². The summed E-state index contributed by atoms with van der Waals surface area (Å²) in [5.41, 5.74) is 2.61. The second-order valence-corrected chi connectivity index (χ2v) is 3.93. The number of nitrogens with one attached hydrogen (secondary N) is 1. The van der Waals surface area contributed by atoms with Crippen LogP contribution in [0.3, 0.4) is 0 Å². The summed E-state index contributed by atoms with van der Waals surface area (Å²) in [6.07, 6.45) is 0.802. The van der Waals surface area contributed by atoms with Gasteiger partial charge in [0.25, 0.3) is 0 Å². The number of hydrazone groups is 1. The van der Waals surface area contributed by atoms with Crippen LogP contribution in [-0.2, 0) is 0 Å². The minimum absolute atomic E-state index is 0.328. The van der Waals surface area contributed by atoms with Crippen LogP contribution in [0, 0.1) is 0 Å². The highest BCUT2D eigenvalue weighted by Crippen LogP contribution is 2.18. The van der Waals surface area contributed by atoms with Gasteiger partial charge in [0.05, 0.1) is 5.71 Å². The summed E-state index contributed by atoms with van der Waals surface area (Å²) in [4.78, 5) is 14.1. The Labute approximate surface area is 105 Å². The number of aromatic nitrogens is 1. The zero-order chi connectivity index (χ0) is 13.1. The maximum atomic E-state index is 10.9. The van der Waals surface area contributed by atoms with Crippen molar-refractivity contribution in [1.82, 2.24) is 9.99 Å². The Balaban J connectivity index is 2.42. The molecule has 0 saturated carbocycles. The van der Waals surface area contributed by atoms with Gasteiger partial charge in [-0.15, -0.1) is 0 Å². The molecule has 0 fully saturated rings. The standard InChI is InChI=1S/C13H15N3O2/c1-3-16(13(17)18)15-9(2)11-8-14-12-7-5-4-6-10(11)12/h4-8,14H,3H2,1-2H3,(H,17,18)/b15-9-. The second-order valence-electron chi connectivity index (χ2n) is 3.93. The van der Waals surface area contributed by atoms with E-state index >= 15 is 0 Å². The largest absolute Gasteiger partial charge is 0.464 e. The molecule has 2 rings (SSSR count). The average molecular weight is 245 g/mol. The fourth-order valence-corrected chi connectivity index (χ4v) is 1.85. The lowest BCUT2D eigenvalue weighted by Gasteiger charge is -2.11. The lowest BCUT2D eigenvalue weighted by molar-refractivity contribution is 0.149. The smallest absolute Gasteiger partial charge is 0.427 e. The number of carboxylic acid groups (broad SMARTS) is 1. The van der Waals surface area contributed by atoms with Gasteiger partial charge in [0.2, 0.25) is 0 Å². The number of amides is 1. The predicted molar refractivity (Wildman–Crippen MR) is 70.9 cm³/mol. The van der Waals surface area contributed by atoms with E-state index in [1.807, 2.05) is 30.5 Å². The van der Waals surface area contributed by atoms with Crippen molar-refractivity contribution in [3.8, 4) is 0 Å². The van der Waals surface area contributed by atoms with Crippen molar-refractivity contribution in [2.75, 3.05) is 6.54 Å². The first-order chi connectivity index (χ1) is 8.63. The molecule has 18 heavy (non-hydrogen) atoms. The summed E-state index contributed by atoms with van der Waals surface area (Å²) in [5, 5.41) is 15.1. The van der Waals surface area contributed by atoms with Gasteiger partial charge in [-0.2, -0.15) is 10.1 Å². The van der Waals surface area contributed by atoms with Crippen molar-refractivity contribution in [3.05, 3.63) is 36.0 Å². The summed E-state index contributed by atoms with van der Waals surface area (Å²) >= 11 is 0. The molecule has 2 N–H and O–H groups in total. The van der Waals surface area contributed by atoms with Crippen molar-refractivity contribution in [2.24, 2.45) is 5.10 Å². The lowest BCUT2D eigenvalue weighted by Crippen LogP contribution is -2.24. The molecule has 0 aliphatic carbocycles. The molecule has 5 nitrogen and oxygen atoms in total. The number of H-pyrrole nitrogens is 1. The van der Waals surface area contributed by atoms with Gasteiger partial charge in [0.1, 0.15) is 0 Å². The molecular weight excluding hydrogens is 230 g/mol. The maximum absolute atomic E-state index is 10.9. The second kappa shape index (κ2) is 4.91. The summed E-state index contributed by atoms with van der Waals surface area (Å²) in [7, 11) is 0. The Morgan fingerprint density at radius 3 is 2.83 bits per heavy atom. The molecule has 0 aliphatic heterocycles. The number of carbonyl (C=O) groups is 1. The molecule has 1 amide bonds. The third-order valence-corrected chi connectivity index (χ3v) is 2.77. The van der Waals surface area contributed by atoms with Crippen LogP contribution in [0.4, 0.5) is 4.79 Å². The highest BCUT2D eigenvalue weighted by Gasteiger charge is 2.11. The van der Waals surface area contributed by atoms with Crippen LogP contribution < -0.4 is 0 Å². The molecule has 0 atom stereocenters. The van der Waals surface area contributed by atoms with Gasteiger partial charge < -0.3 is 10.1 Å². The molecular formula is C13H15N3O2. The number of benzene rings is 1. The third-order valence-electron chi connectivity index (χ3n) is 2.77. The Morgan fingerprint density at radius 2 is 2.17 bits per heavy atom. The van der Waals surface area contributed by atoms with E-state index in [1.54, 1.807) is 13.8 Å². The number of hydrogen-bond donors (Lipinski definition) is 2. The molecule has 0 spiro atoms. The van der Waals surface area contributed by atoms with Crippen molar-refractivity contribution >= 4 is 22.7 Å². The van der Waals surface area contributed by atoms with Gasteiger partial charge in [-0.1, -0.05) is 18.2 Å². The first-order valence-electron chi connectivity index (χ1n) is 5.75. The first-order valence-corrected chi connectivity index (χ1v) is 5.75. The van der Waals surface area contributed by atoms with Crippen LogP contribution in [0.1, 0.15) is 19.4 Å². The third kappa shape index (κ3) is 2.20. The van der Waals surface area contributed by atoms with Crippen LogP contribution in [0.2, 0.25) is 0 Å². The molecule has 0 saturated heterocycles. The van der Waals surface area contributed by atoms with Crippen LogP contribution in [-0.4, -0.2) is 33.4 Å². The molecule has 0 aliphatic rings. The normalized spacial score (nSPS) is 11.8. The zero-order valence-electron chi connectivity index (χ0n) is 10.3. The van der Waals surface area contributed by atoms with Crippen molar-refractivity contribution in [2.45, 2.75) is 13.8 Å². The fourth-order valence-electron chi connectivity index (χ4n) is 1.85. The fraction of sp³-hybridized carbons (Fsp3) is 0.231. The Kier molecular flexibility index (Phi) is 3.32. The van der Waals surface area contributed by atoms with E-state index in [0.717, 1.165) is 21.5 Å². The van der Waals surface area contributed by atoms with E-state index in [2.05, 4.69) is 10.1 Å². The van der Waals surface area contributed by atoms with E-state index in [1.165, 1.54) is 0 Å². The van der Waals surface area contributed by atoms with E-state index in [4.69, 9.17) is 5.11 Å². The lowest BCUT2D eigenvalue weighted by atomic mass is 10.1. The molecule has 1 aromatic heterocycles. The number of fused-ring (bicyclic) bond motifs is 1. The molecule has 2 aromatic rings. The highest BCUT2D eigenvalue weighted by atomic mass is 16.4. The van der Waals surface area contributed by atoms with E-state index < -0.39 is 6.09 Å². The van der Waals surface area contributed by atoms with Gasteiger partial charge in [0.15, 0.2) is 0 Å². The van der Waals surface area contributed by atoms with E-state index in [-0.39, 0.29) is 0 Å². The topological polar surface area (TPSA) is 68.7 Å². The molecule has 0 bridgehead atoms. The molecule has 1 heterocycles. The zero-order valence-corrected chi connectivity index (χ0v) is 10.3. The van der Waals surface area contributed by atoms with Gasteiger partial charge in [-0.05, 0) is 19.9 Å². The van der Waals surface area contributed by atoms with Crippen LogP contribution >= 0.6 is 0 Å². The minimum atomic E-state index is -1.04. The number of rotatable bonds is 3. The van der Waals surface area contributed by atoms with Crippen LogP contribution in [0.5, 0.6) is 0 Å². The van der Waals surface area contributed by atoms with Crippen LogP contribution in [0.25, 0.3) is 10.9 Å². The molecule has 1 aromatic carbocycles. The number of aromatic amines is 1. The quantitative estimate of drug-likeness (QED) is 0.644. The summed E-state index contributed by atoms with van der Waals surface area (Å²) in [6, 6.07) is 7.85. The molecule has 94 valence electrons. The first kappa shape index (κ1) is 12.2. The summed E-state index contributed by atoms with van der Waals surface area (Å²) < 4.78 is 0. The highest BCUT2D eigenvalue weighted by molar-refractivity contribution is 6.09. The number of para-hydroxylation sites is 1. The van der Waals surface area contributed by atoms with Gasteiger partial charge in [-0.25, -0.2) is 4.79 Å². The number of hydrogen-bond acceptors (Lipinski definition) is 2. The average Bonchev–Trinajstić information content (AvgIpc) is 2.79. The van der Waals surface area contributed by atoms with E-state index in [0.29, 0.717) is 12.3 Å². The Hall–Kier alpha value is -2.30. The SMILES string of the molecule is CCN(/N=C(/C)c1c[nH]c2ccccc12)C(=O)O. The Bertz CT molecular complexity index is 601. The van der Waals surface area contributed by atoms with Crippen molar-refractivity contribution in [1.29, 1.82) is 0 Å². The molecule has 0 radical (unpaired) electrons.